The number of aryl methyl sites for hydroxylation is 2. The number of hydrogen-bond acceptors (Lipinski definition) is 6. The van der Waals surface area contributed by atoms with Crippen LogP contribution < -0.4 is 14.8 Å². The number of benzene rings is 1. The lowest BCUT2D eigenvalue weighted by Crippen LogP contribution is -2.25. The van der Waals surface area contributed by atoms with Crippen LogP contribution >= 0.6 is 11.3 Å². The molecule has 1 aromatic heterocycles. The van der Waals surface area contributed by atoms with Gasteiger partial charge in [0.1, 0.15) is 5.75 Å². The van der Waals surface area contributed by atoms with E-state index >= 15 is 0 Å². The van der Waals surface area contributed by atoms with Gasteiger partial charge in [-0.25, -0.2) is 18.1 Å². The van der Waals surface area contributed by atoms with Crippen molar-refractivity contribution in [1.82, 2.24) is 9.71 Å². The van der Waals surface area contributed by atoms with Crippen molar-refractivity contribution in [1.29, 1.82) is 0 Å². The van der Waals surface area contributed by atoms with Gasteiger partial charge >= 0.3 is 0 Å². The number of methoxy groups -OCH3 is 1. The molecule has 0 amide bonds. The van der Waals surface area contributed by atoms with Crippen molar-refractivity contribution in [2.24, 2.45) is 0 Å². The van der Waals surface area contributed by atoms with Gasteiger partial charge < -0.3 is 10.1 Å². The fraction of sp³-hybridized carbons (Fsp3) is 0.357. The summed E-state index contributed by atoms with van der Waals surface area (Å²) in [5.74, 6) is 0.645. The smallest absolute Gasteiger partial charge is 0.241 e. The van der Waals surface area contributed by atoms with Crippen molar-refractivity contribution in [2.45, 2.75) is 25.3 Å². The number of rotatable bonds is 6. The van der Waals surface area contributed by atoms with E-state index in [1.165, 1.54) is 11.3 Å². The Morgan fingerprint density at radius 2 is 1.91 bits per heavy atom. The van der Waals surface area contributed by atoms with E-state index in [4.69, 9.17) is 4.74 Å². The van der Waals surface area contributed by atoms with Gasteiger partial charge in [-0.2, -0.15) is 0 Å². The molecule has 120 valence electrons. The van der Waals surface area contributed by atoms with E-state index in [9.17, 15) is 8.42 Å². The van der Waals surface area contributed by atoms with E-state index < -0.39 is 10.0 Å². The maximum absolute atomic E-state index is 12.5. The van der Waals surface area contributed by atoms with Gasteiger partial charge in [0.2, 0.25) is 10.0 Å². The second kappa shape index (κ2) is 6.64. The van der Waals surface area contributed by atoms with Gasteiger partial charge in [0, 0.05) is 12.4 Å². The van der Waals surface area contributed by atoms with Crippen LogP contribution in [0.2, 0.25) is 0 Å². The Morgan fingerprint density at radius 3 is 2.41 bits per heavy atom. The SMILES string of the molecule is CNc1nc(CNS(=O)(=O)c2c(C)cc(OC)cc2C)cs1. The molecule has 0 bridgehead atoms. The first-order valence-corrected chi connectivity index (χ1v) is 9.00. The van der Waals surface area contributed by atoms with Crippen LogP contribution in [0.4, 0.5) is 5.13 Å². The molecule has 0 aliphatic carbocycles. The summed E-state index contributed by atoms with van der Waals surface area (Å²) in [6, 6.07) is 3.42. The van der Waals surface area contributed by atoms with Gasteiger partial charge in [0.15, 0.2) is 5.13 Å². The highest BCUT2D eigenvalue weighted by atomic mass is 32.2. The molecule has 2 aromatic rings. The van der Waals surface area contributed by atoms with Crippen molar-refractivity contribution in [3.05, 3.63) is 34.3 Å². The number of sulfonamides is 1. The van der Waals surface area contributed by atoms with E-state index in [1.807, 2.05) is 5.38 Å². The minimum atomic E-state index is -3.60. The van der Waals surface area contributed by atoms with Crippen LogP contribution in [0.3, 0.4) is 0 Å². The molecule has 0 unspecified atom stereocenters. The maximum Gasteiger partial charge on any atom is 0.241 e. The third kappa shape index (κ3) is 3.57. The van der Waals surface area contributed by atoms with E-state index in [0.717, 1.165) is 5.13 Å². The number of hydrogen-bond donors (Lipinski definition) is 2. The first kappa shape index (κ1) is 16.7. The third-order valence-electron chi connectivity index (χ3n) is 3.15. The molecule has 1 heterocycles. The summed E-state index contributed by atoms with van der Waals surface area (Å²) >= 11 is 1.43. The predicted molar refractivity (Wildman–Crippen MR) is 88.2 cm³/mol. The number of ether oxygens (including phenoxy) is 1. The molecule has 8 heteroatoms. The van der Waals surface area contributed by atoms with Crippen LogP contribution in [-0.4, -0.2) is 27.6 Å². The van der Waals surface area contributed by atoms with Crippen molar-refractivity contribution < 1.29 is 13.2 Å². The summed E-state index contributed by atoms with van der Waals surface area (Å²) in [7, 11) is -0.271. The molecule has 0 aliphatic rings. The van der Waals surface area contributed by atoms with Gasteiger partial charge in [-0.3, -0.25) is 0 Å². The zero-order valence-corrected chi connectivity index (χ0v) is 14.6. The summed E-state index contributed by atoms with van der Waals surface area (Å²) in [6.45, 7) is 3.67. The van der Waals surface area contributed by atoms with Gasteiger partial charge in [-0.15, -0.1) is 11.3 Å². The second-order valence-corrected chi connectivity index (χ2v) is 7.37. The summed E-state index contributed by atoms with van der Waals surface area (Å²) in [5.41, 5.74) is 1.99. The van der Waals surface area contributed by atoms with E-state index in [2.05, 4.69) is 15.0 Å². The lowest BCUT2D eigenvalue weighted by molar-refractivity contribution is 0.413. The standard InChI is InChI=1S/C14H19N3O3S2/c1-9-5-12(20-4)6-10(2)13(9)22(18,19)16-7-11-8-21-14(15-3)17-11/h5-6,8,16H,7H2,1-4H3,(H,15,17). The highest BCUT2D eigenvalue weighted by Gasteiger charge is 2.20. The van der Waals surface area contributed by atoms with Crippen LogP contribution in [-0.2, 0) is 16.6 Å². The zero-order valence-electron chi connectivity index (χ0n) is 12.9. The van der Waals surface area contributed by atoms with Crippen molar-refractivity contribution in [3.8, 4) is 5.75 Å². The van der Waals surface area contributed by atoms with Crippen molar-refractivity contribution >= 4 is 26.5 Å². The normalized spacial score (nSPS) is 11.5. The zero-order chi connectivity index (χ0) is 16.3. The maximum atomic E-state index is 12.5. The number of nitrogens with zero attached hydrogens (tertiary/aromatic N) is 1. The monoisotopic (exact) mass is 341 g/mol. The molecule has 0 saturated heterocycles. The fourth-order valence-electron chi connectivity index (χ4n) is 2.20. The van der Waals surface area contributed by atoms with Crippen LogP contribution in [0, 0.1) is 13.8 Å². The summed E-state index contributed by atoms with van der Waals surface area (Å²) in [5, 5.41) is 5.50. The Balaban J connectivity index is 2.23. The molecule has 0 atom stereocenters. The molecule has 2 rings (SSSR count). The number of aromatic nitrogens is 1. The quantitative estimate of drug-likeness (QED) is 0.843. The molecule has 6 nitrogen and oxygen atoms in total. The number of nitrogens with one attached hydrogen (secondary N) is 2. The van der Waals surface area contributed by atoms with Crippen LogP contribution in [0.1, 0.15) is 16.8 Å². The summed E-state index contributed by atoms with van der Waals surface area (Å²) in [6.07, 6.45) is 0. The number of thiazole rings is 1. The summed E-state index contributed by atoms with van der Waals surface area (Å²) < 4.78 is 32.8. The molecule has 0 fully saturated rings. The first-order valence-electron chi connectivity index (χ1n) is 6.64. The Kier molecular flexibility index (Phi) is 5.05. The van der Waals surface area contributed by atoms with E-state index in [0.29, 0.717) is 22.6 Å². The van der Waals surface area contributed by atoms with Gasteiger partial charge in [0.05, 0.1) is 24.2 Å². The first-order chi connectivity index (χ1) is 10.4. The third-order valence-corrected chi connectivity index (χ3v) is 5.76. The average molecular weight is 341 g/mol. The largest absolute Gasteiger partial charge is 0.497 e. The lowest BCUT2D eigenvalue weighted by Gasteiger charge is -2.13. The highest BCUT2D eigenvalue weighted by Crippen LogP contribution is 2.25. The topological polar surface area (TPSA) is 80.3 Å². The Hall–Kier alpha value is -1.64. The Labute approximate surface area is 134 Å². The van der Waals surface area contributed by atoms with E-state index in [1.54, 1.807) is 40.1 Å². The molecular weight excluding hydrogens is 322 g/mol. The fourth-order valence-corrected chi connectivity index (χ4v) is 4.32. The molecule has 22 heavy (non-hydrogen) atoms. The molecular formula is C14H19N3O3S2. The van der Waals surface area contributed by atoms with Crippen molar-refractivity contribution in [2.75, 3.05) is 19.5 Å². The molecule has 1 aromatic carbocycles. The molecule has 2 N–H and O–H groups in total. The minimum absolute atomic E-state index is 0.158. The van der Waals surface area contributed by atoms with E-state index in [-0.39, 0.29) is 11.4 Å². The molecule has 0 radical (unpaired) electrons. The van der Waals surface area contributed by atoms with Crippen LogP contribution in [0.5, 0.6) is 5.75 Å². The van der Waals surface area contributed by atoms with Crippen molar-refractivity contribution in [3.63, 3.8) is 0 Å². The van der Waals surface area contributed by atoms with Crippen LogP contribution in [0.15, 0.2) is 22.4 Å². The predicted octanol–water partition coefficient (Wildman–Crippen LogP) is 2.29. The summed E-state index contributed by atoms with van der Waals surface area (Å²) in [4.78, 5) is 4.55. The Bertz CT molecular complexity index is 746. The van der Waals surface area contributed by atoms with Gasteiger partial charge in [-0.05, 0) is 37.1 Å². The average Bonchev–Trinajstić information content (AvgIpc) is 2.92. The Morgan fingerprint density at radius 1 is 1.27 bits per heavy atom. The molecule has 0 aliphatic heterocycles. The highest BCUT2D eigenvalue weighted by molar-refractivity contribution is 7.89. The lowest BCUT2D eigenvalue weighted by atomic mass is 10.1. The molecule has 0 saturated carbocycles. The minimum Gasteiger partial charge on any atom is -0.497 e. The van der Waals surface area contributed by atoms with Gasteiger partial charge in [0.25, 0.3) is 0 Å². The van der Waals surface area contributed by atoms with Crippen LogP contribution in [0.25, 0.3) is 0 Å². The molecule has 0 spiro atoms. The number of anilines is 1. The second-order valence-electron chi connectivity index (χ2n) is 4.81. The van der Waals surface area contributed by atoms with Gasteiger partial charge in [-0.1, -0.05) is 0 Å².